The highest BCUT2D eigenvalue weighted by atomic mass is 16.5. The first-order valence-electron chi connectivity index (χ1n) is 9.10. The van der Waals surface area contributed by atoms with E-state index in [0.29, 0.717) is 33.8 Å². The third kappa shape index (κ3) is 5.05. The van der Waals surface area contributed by atoms with Crippen LogP contribution in [0.1, 0.15) is 45.7 Å². The van der Waals surface area contributed by atoms with Gasteiger partial charge in [-0.05, 0) is 48.5 Å². The molecule has 3 aromatic rings. The molecule has 0 aliphatic rings. The van der Waals surface area contributed by atoms with Gasteiger partial charge in [0.25, 0.3) is 0 Å². The number of rotatable bonds is 6. The summed E-state index contributed by atoms with van der Waals surface area (Å²) in [6, 6.07) is 18.8. The van der Waals surface area contributed by atoms with Crippen molar-refractivity contribution in [2.24, 2.45) is 0 Å². The fraction of sp³-hybridized carbons (Fsp3) is 0.0833. The minimum Gasteiger partial charge on any atom is -0.427 e. The van der Waals surface area contributed by atoms with Gasteiger partial charge in [0.05, 0.1) is 0 Å². The van der Waals surface area contributed by atoms with Crippen molar-refractivity contribution >= 4 is 23.5 Å². The molecule has 150 valence electrons. The molecular formula is C24H18O6. The van der Waals surface area contributed by atoms with Crippen molar-refractivity contribution in [1.82, 2.24) is 0 Å². The van der Waals surface area contributed by atoms with Gasteiger partial charge < -0.3 is 9.47 Å². The van der Waals surface area contributed by atoms with E-state index in [2.05, 4.69) is 0 Å². The second kappa shape index (κ2) is 8.96. The van der Waals surface area contributed by atoms with Crippen molar-refractivity contribution in [3.8, 4) is 11.5 Å². The zero-order valence-electron chi connectivity index (χ0n) is 16.4. The Hall–Kier alpha value is -4.06. The zero-order valence-corrected chi connectivity index (χ0v) is 16.4. The first-order valence-corrected chi connectivity index (χ1v) is 9.10. The Kier molecular flexibility index (Phi) is 6.17. The Morgan fingerprint density at radius 2 is 0.700 bits per heavy atom. The van der Waals surface area contributed by atoms with Crippen LogP contribution in [0.15, 0.2) is 72.8 Å². The van der Waals surface area contributed by atoms with Crippen LogP contribution >= 0.6 is 0 Å². The van der Waals surface area contributed by atoms with Gasteiger partial charge in [-0.25, -0.2) is 0 Å². The number of ether oxygens (including phenoxy) is 2. The van der Waals surface area contributed by atoms with E-state index in [4.69, 9.17) is 9.47 Å². The molecule has 0 N–H and O–H groups in total. The molecule has 0 aliphatic carbocycles. The van der Waals surface area contributed by atoms with E-state index in [1.54, 1.807) is 72.8 Å². The van der Waals surface area contributed by atoms with Crippen LogP contribution in [0.5, 0.6) is 11.5 Å². The monoisotopic (exact) mass is 402 g/mol. The van der Waals surface area contributed by atoms with Gasteiger partial charge >= 0.3 is 11.9 Å². The van der Waals surface area contributed by atoms with Crippen LogP contribution in [-0.2, 0) is 9.59 Å². The maximum absolute atomic E-state index is 12.6. The molecule has 0 heterocycles. The fourth-order valence-electron chi connectivity index (χ4n) is 2.79. The molecular weight excluding hydrogens is 384 g/mol. The topological polar surface area (TPSA) is 86.7 Å². The molecule has 0 aromatic heterocycles. The molecule has 3 rings (SSSR count). The molecule has 0 bridgehead atoms. The van der Waals surface area contributed by atoms with Crippen molar-refractivity contribution < 1.29 is 28.7 Å². The van der Waals surface area contributed by atoms with E-state index >= 15 is 0 Å². The van der Waals surface area contributed by atoms with Gasteiger partial charge in [0, 0.05) is 36.1 Å². The lowest BCUT2D eigenvalue weighted by molar-refractivity contribution is -0.132. The minimum absolute atomic E-state index is 0.214. The highest BCUT2D eigenvalue weighted by molar-refractivity contribution is 6.11. The van der Waals surface area contributed by atoms with Gasteiger partial charge in [-0.3, -0.25) is 19.2 Å². The molecule has 0 amide bonds. The Bertz CT molecular complexity index is 1000. The number of carbonyl (C=O) groups excluding carboxylic acids is 4. The Morgan fingerprint density at radius 1 is 0.467 bits per heavy atom. The van der Waals surface area contributed by atoms with Gasteiger partial charge in [-0.2, -0.15) is 0 Å². The quantitative estimate of drug-likeness (QED) is 0.352. The third-order valence-electron chi connectivity index (χ3n) is 4.17. The molecule has 0 fully saturated rings. The summed E-state index contributed by atoms with van der Waals surface area (Å²) in [5, 5.41) is 0. The van der Waals surface area contributed by atoms with Crippen molar-refractivity contribution in [3.63, 3.8) is 0 Å². The van der Waals surface area contributed by atoms with E-state index in [9.17, 15) is 19.2 Å². The van der Waals surface area contributed by atoms with E-state index in [1.807, 2.05) is 0 Å². The molecule has 3 aromatic carbocycles. The molecule has 0 atom stereocenters. The van der Waals surface area contributed by atoms with Gasteiger partial charge in [-0.1, -0.05) is 24.3 Å². The molecule has 0 unspecified atom stereocenters. The number of carbonyl (C=O) groups is 4. The predicted molar refractivity (Wildman–Crippen MR) is 109 cm³/mol. The Labute approximate surface area is 173 Å². The third-order valence-corrected chi connectivity index (χ3v) is 4.17. The van der Waals surface area contributed by atoms with Gasteiger partial charge in [0.15, 0.2) is 11.6 Å². The number of hydrogen-bond donors (Lipinski definition) is 0. The normalized spacial score (nSPS) is 10.2. The van der Waals surface area contributed by atoms with Crippen molar-refractivity contribution in [3.05, 3.63) is 95.1 Å². The highest BCUT2D eigenvalue weighted by Gasteiger charge is 2.13. The molecule has 6 heteroatoms. The number of benzene rings is 3. The highest BCUT2D eigenvalue weighted by Crippen LogP contribution is 2.19. The largest absolute Gasteiger partial charge is 0.427 e. The summed E-state index contributed by atoms with van der Waals surface area (Å²) in [6.45, 7) is 2.60. The summed E-state index contributed by atoms with van der Waals surface area (Å²) in [7, 11) is 0. The lowest BCUT2D eigenvalue weighted by Crippen LogP contribution is -2.05. The van der Waals surface area contributed by atoms with Crippen molar-refractivity contribution in [2.75, 3.05) is 0 Å². The van der Waals surface area contributed by atoms with Crippen molar-refractivity contribution in [1.29, 1.82) is 0 Å². The number of esters is 2. The smallest absolute Gasteiger partial charge is 0.308 e. The van der Waals surface area contributed by atoms with Crippen LogP contribution in [0.2, 0.25) is 0 Å². The van der Waals surface area contributed by atoms with Gasteiger partial charge in [0.2, 0.25) is 0 Å². The van der Waals surface area contributed by atoms with Crippen LogP contribution in [0.25, 0.3) is 0 Å². The van der Waals surface area contributed by atoms with E-state index in [0.717, 1.165) is 0 Å². The molecule has 0 saturated carbocycles. The summed E-state index contributed by atoms with van der Waals surface area (Å²) >= 11 is 0. The number of hydrogen-bond acceptors (Lipinski definition) is 6. The van der Waals surface area contributed by atoms with Crippen LogP contribution in [0.3, 0.4) is 0 Å². The van der Waals surface area contributed by atoms with Gasteiger partial charge in [0.1, 0.15) is 11.5 Å². The average Bonchev–Trinajstić information content (AvgIpc) is 2.73. The average molecular weight is 402 g/mol. The summed E-state index contributed by atoms with van der Waals surface area (Å²) in [4.78, 5) is 47.2. The van der Waals surface area contributed by atoms with E-state index < -0.39 is 11.9 Å². The SMILES string of the molecule is CC(=O)Oc1ccc(C(=O)c2ccc(C(=O)c3ccc(OC(C)=O)cc3)cc2)cc1. The first kappa shape index (κ1) is 20.7. The predicted octanol–water partition coefficient (Wildman–Crippen LogP) is 4.00. The first-order chi connectivity index (χ1) is 14.3. The van der Waals surface area contributed by atoms with E-state index in [-0.39, 0.29) is 11.6 Å². The maximum Gasteiger partial charge on any atom is 0.308 e. The summed E-state index contributed by atoms with van der Waals surface area (Å²) in [6.07, 6.45) is 0. The summed E-state index contributed by atoms with van der Waals surface area (Å²) < 4.78 is 9.91. The second-order valence-electron chi connectivity index (χ2n) is 6.47. The molecule has 30 heavy (non-hydrogen) atoms. The van der Waals surface area contributed by atoms with Crippen LogP contribution in [0.4, 0.5) is 0 Å². The Balaban J connectivity index is 1.72. The van der Waals surface area contributed by atoms with E-state index in [1.165, 1.54) is 13.8 Å². The second-order valence-corrected chi connectivity index (χ2v) is 6.47. The molecule has 0 spiro atoms. The van der Waals surface area contributed by atoms with Crippen LogP contribution in [-0.4, -0.2) is 23.5 Å². The zero-order chi connectivity index (χ0) is 21.7. The number of ketones is 2. The van der Waals surface area contributed by atoms with Crippen LogP contribution < -0.4 is 9.47 Å². The Morgan fingerprint density at radius 3 is 0.933 bits per heavy atom. The maximum atomic E-state index is 12.6. The fourth-order valence-corrected chi connectivity index (χ4v) is 2.79. The standard InChI is InChI=1S/C24H18O6/c1-15(25)29-21-11-7-19(8-12-21)23(27)17-3-5-18(6-4-17)24(28)20-9-13-22(14-10-20)30-16(2)26/h3-14H,1-2H3. The minimum atomic E-state index is -0.435. The van der Waals surface area contributed by atoms with Gasteiger partial charge in [-0.15, -0.1) is 0 Å². The lowest BCUT2D eigenvalue weighted by atomic mass is 9.98. The molecule has 6 nitrogen and oxygen atoms in total. The molecule has 0 radical (unpaired) electrons. The van der Waals surface area contributed by atoms with Crippen molar-refractivity contribution in [2.45, 2.75) is 13.8 Å². The summed E-state index contributed by atoms with van der Waals surface area (Å²) in [5.74, 6) is -0.576. The molecule has 0 saturated heterocycles. The molecule has 0 aliphatic heterocycles. The lowest BCUT2D eigenvalue weighted by Gasteiger charge is -2.06. The van der Waals surface area contributed by atoms with Crippen LogP contribution in [0, 0.1) is 0 Å². The summed E-state index contributed by atoms with van der Waals surface area (Å²) in [5.41, 5.74) is 1.73.